The second-order valence-electron chi connectivity index (χ2n) is 11.4. The van der Waals surface area contributed by atoms with Crippen molar-refractivity contribution in [3.8, 4) is 0 Å². The molecular formula is C28H31N5O4. The van der Waals surface area contributed by atoms with Crippen LogP contribution in [0.5, 0.6) is 0 Å². The van der Waals surface area contributed by atoms with Gasteiger partial charge in [-0.2, -0.15) is 0 Å². The lowest BCUT2D eigenvalue weighted by atomic mass is 9.88. The number of nitrogens with zero attached hydrogens (tertiary/aromatic N) is 4. The second kappa shape index (κ2) is 8.26. The number of piperidine rings is 1. The van der Waals surface area contributed by atoms with Crippen LogP contribution in [0.3, 0.4) is 0 Å². The van der Waals surface area contributed by atoms with Crippen LogP contribution in [0.15, 0.2) is 35.0 Å². The van der Waals surface area contributed by atoms with Crippen LogP contribution in [0.1, 0.15) is 64.2 Å². The Hall–Kier alpha value is -3.49. The monoisotopic (exact) mass is 501 g/mol. The molecule has 2 saturated carbocycles. The van der Waals surface area contributed by atoms with Crippen molar-refractivity contribution in [1.29, 1.82) is 0 Å². The summed E-state index contributed by atoms with van der Waals surface area (Å²) in [6.07, 6.45) is 10.2. The zero-order chi connectivity index (χ0) is 25.3. The van der Waals surface area contributed by atoms with Gasteiger partial charge in [-0.1, -0.05) is 28.5 Å². The highest BCUT2D eigenvalue weighted by Gasteiger charge is 2.62. The number of fused-ring (bicyclic) bond motifs is 1. The zero-order valence-corrected chi connectivity index (χ0v) is 21.0. The summed E-state index contributed by atoms with van der Waals surface area (Å²) < 4.78 is 4.73. The molecule has 0 unspecified atom stereocenters. The van der Waals surface area contributed by atoms with Gasteiger partial charge in [0.1, 0.15) is 11.4 Å². The summed E-state index contributed by atoms with van der Waals surface area (Å²) in [5, 5.41) is 10.8. The summed E-state index contributed by atoms with van der Waals surface area (Å²) in [6, 6.07) is 5.41. The minimum Gasteiger partial charge on any atom is -0.371 e. The maximum atomic E-state index is 13.3. The number of amides is 3. The lowest BCUT2D eigenvalue weighted by Crippen LogP contribution is -2.42. The number of nitrogens with one attached hydrogen (secondary N) is 1. The van der Waals surface area contributed by atoms with Crippen molar-refractivity contribution < 1.29 is 19.0 Å². The second-order valence-corrected chi connectivity index (χ2v) is 11.4. The van der Waals surface area contributed by atoms with Crippen molar-refractivity contribution in [3.05, 3.63) is 52.9 Å². The molecule has 1 aromatic heterocycles. The number of benzene rings is 1. The number of imide groups is 1. The van der Waals surface area contributed by atoms with Crippen molar-refractivity contribution in [2.45, 2.75) is 45.6 Å². The molecule has 0 radical (unpaired) electrons. The van der Waals surface area contributed by atoms with E-state index in [4.69, 9.17) is 4.63 Å². The summed E-state index contributed by atoms with van der Waals surface area (Å²) >= 11 is 0. The third-order valence-corrected chi connectivity index (χ3v) is 9.62. The highest BCUT2D eigenvalue weighted by molar-refractivity contribution is 6.23. The van der Waals surface area contributed by atoms with Crippen LogP contribution in [-0.2, 0) is 11.3 Å². The number of rotatable bonds is 6. The number of aromatic nitrogens is 2. The van der Waals surface area contributed by atoms with Crippen LogP contribution in [0.25, 0.3) is 0 Å². The summed E-state index contributed by atoms with van der Waals surface area (Å²) in [5.41, 5.74) is 3.18. The molecule has 1 spiro atoms. The number of hydrogen-bond acceptors (Lipinski definition) is 7. The molecule has 7 rings (SSSR count). The van der Waals surface area contributed by atoms with Crippen LogP contribution in [0, 0.1) is 36.0 Å². The van der Waals surface area contributed by atoms with Gasteiger partial charge in [0.05, 0.1) is 23.4 Å². The Morgan fingerprint density at radius 1 is 1.14 bits per heavy atom. The summed E-state index contributed by atoms with van der Waals surface area (Å²) in [7, 11) is 0. The Kier molecular flexibility index (Phi) is 5.07. The lowest BCUT2D eigenvalue weighted by Gasteiger charge is -2.34. The van der Waals surface area contributed by atoms with E-state index >= 15 is 0 Å². The Labute approximate surface area is 215 Å². The van der Waals surface area contributed by atoms with E-state index in [1.165, 1.54) is 24.2 Å². The molecule has 3 aliphatic carbocycles. The molecule has 3 amide bonds. The Morgan fingerprint density at radius 2 is 1.95 bits per heavy atom. The van der Waals surface area contributed by atoms with Gasteiger partial charge in [0.15, 0.2) is 0 Å². The normalized spacial score (nSPS) is 27.4. The first-order valence-electron chi connectivity index (χ1n) is 13.4. The van der Waals surface area contributed by atoms with Gasteiger partial charge in [0.25, 0.3) is 11.8 Å². The van der Waals surface area contributed by atoms with Crippen molar-refractivity contribution >= 4 is 23.4 Å². The van der Waals surface area contributed by atoms with Crippen LogP contribution in [0.4, 0.5) is 5.69 Å². The highest BCUT2D eigenvalue weighted by atomic mass is 16.6. The number of anilines is 1. The van der Waals surface area contributed by atoms with E-state index < -0.39 is 0 Å². The topological polar surface area (TPSA) is 109 Å². The molecule has 1 N–H and O–H groups in total. The Balaban J connectivity index is 0.986. The van der Waals surface area contributed by atoms with Gasteiger partial charge < -0.3 is 10.2 Å². The molecule has 9 nitrogen and oxygen atoms in total. The summed E-state index contributed by atoms with van der Waals surface area (Å²) in [5.74, 6) is 1.45. The van der Waals surface area contributed by atoms with Crippen LogP contribution < -0.4 is 10.2 Å². The van der Waals surface area contributed by atoms with E-state index in [0.717, 1.165) is 31.0 Å². The third-order valence-electron chi connectivity index (χ3n) is 9.62. The van der Waals surface area contributed by atoms with Gasteiger partial charge in [-0.05, 0) is 74.3 Å². The van der Waals surface area contributed by atoms with Gasteiger partial charge >= 0.3 is 0 Å². The van der Waals surface area contributed by atoms with Crippen LogP contribution in [0.2, 0.25) is 0 Å². The molecule has 37 heavy (non-hydrogen) atoms. The maximum absolute atomic E-state index is 13.3. The first-order chi connectivity index (χ1) is 18.0. The van der Waals surface area contributed by atoms with E-state index in [-0.39, 0.29) is 30.2 Å². The van der Waals surface area contributed by atoms with E-state index in [2.05, 4.69) is 32.7 Å². The van der Waals surface area contributed by atoms with Crippen molar-refractivity contribution in [2.24, 2.45) is 29.1 Å². The number of carbonyl (C=O) groups is 3. The fraction of sp³-hybridized carbons (Fsp3) is 0.536. The molecular weight excluding hydrogens is 470 g/mol. The molecule has 9 heteroatoms. The molecule has 192 valence electrons. The van der Waals surface area contributed by atoms with E-state index in [9.17, 15) is 14.4 Å². The van der Waals surface area contributed by atoms with Crippen LogP contribution >= 0.6 is 0 Å². The maximum Gasteiger partial charge on any atom is 0.264 e. The Bertz CT molecular complexity index is 1320. The minimum atomic E-state index is -0.332. The van der Waals surface area contributed by atoms with Crippen molar-refractivity contribution in [3.63, 3.8) is 0 Å². The average molecular weight is 502 g/mol. The average Bonchev–Trinajstić information content (AvgIpc) is 3.31. The quantitative estimate of drug-likeness (QED) is 0.479. The lowest BCUT2D eigenvalue weighted by molar-refractivity contribution is -0.125. The highest BCUT2D eigenvalue weighted by Crippen LogP contribution is 2.69. The molecule has 2 aliphatic heterocycles. The molecule has 5 aliphatic rings. The van der Waals surface area contributed by atoms with Crippen molar-refractivity contribution in [2.75, 3.05) is 24.5 Å². The fourth-order valence-corrected chi connectivity index (χ4v) is 7.38. The first-order valence-corrected chi connectivity index (χ1v) is 13.4. The standard InChI is InChI=1S/C28H31N5O4/c1-16-22(31-37-30-16)15-33-26(35)20-3-2-4-23(24(20)27(33)36)32-11-7-17(8-12-32)25(34)29-14-18-13-19-5-6-21(18)28(19)9-10-28/h2-6,17-19,21H,7-15H2,1H3,(H,29,34)/t18-,19+,21+/m0/s1. The van der Waals surface area contributed by atoms with Crippen molar-refractivity contribution in [1.82, 2.24) is 20.5 Å². The zero-order valence-electron chi connectivity index (χ0n) is 21.0. The SMILES string of the molecule is Cc1nonc1CN1C(=O)c2cccc(N3CCC(C(=O)NC[C@@H]4C[C@H]5C=C[C@H]4C54CC4)CC3)c2C1=O. The predicted molar refractivity (Wildman–Crippen MR) is 134 cm³/mol. The molecule has 1 saturated heterocycles. The van der Waals surface area contributed by atoms with Gasteiger partial charge in [0.2, 0.25) is 5.91 Å². The predicted octanol–water partition coefficient (Wildman–Crippen LogP) is 3.11. The third kappa shape index (κ3) is 3.46. The van der Waals surface area contributed by atoms with Gasteiger partial charge in [0, 0.05) is 25.6 Å². The molecule has 3 fully saturated rings. The van der Waals surface area contributed by atoms with Crippen LogP contribution in [-0.4, -0.2) is 52.6 Å². The van der Waals surface area contributed by atoms with Gasteiger partial charge in [-0.3, -0.25) is 19.3 Å². The van der Waals surface area contributed by atoms with Gasteiger partial charge in [-0.15, -0.1) is 0 Å². The number of allylic oxidation sites excluding steroid dienone is 2. The minimum absolute atomic E-state index is 0.0199. The van der Waals surface area contributed by atoms with Gasteiger partial charge in [-0.25, -0.2) is 4.63 Å². The smallest absolute Gasteiger partial charge is 0.264 e. The van der Waals surface area contributed by atoms with E-state index in [1.807, 2.05) is 12.1 Å². The fourth-order valence-electron chi connectivity index (χ4n) is 7.38. The summed E-state index contributed by atoms with van der Waals surface area (Å²) in [4.78, 5) is 42.7. The van der Waals surface area contributed by atoms with E-state index in [0.29, 0.717) is 52.9 Å². The van der Waals surface area contributed by atoms with E-state index in [1.54, 1.807) is 13.0 Å². The molecule has 3 atom stereocenters. The molecule has 1 aromatic carbocycles. The summed E-state index contributed by atoms with van der Waals surface area (Å²) in [6.45, 7) is 3.88. The molecule has 2 aromatic rings. The largest absolute Gasteiger partial charge is 0.371 e. The molecule has 2 bridgehead atoms. The number of aryl methyl sites for hydroxylation is 1. The first kappa shape index (κ1) is 22.7. The molecule has 3 heterocycles. The number of carbonyl (C=O) groups excluding carboxylic acids is 3. The number of hydrogen-bond donors (Lipinski definition) is 1. The Morgan fingerprint density at radius 3 is 2.65 bits per heavy atom.